The van der Waals surface area contributed by atoms with E-state index in [4.69, 9.17) is 10.8 Å². The maximum absolute atomic E-state index is 9.14. The van der Waals surface area contributed by atoms with Crippen LogP contribution in [0.3, 0.4) is 0 Å². The maximum atomic E-state index is 9.14. The molecule has 0 radical (unpaired) electrons. The summed E-state index contributed by atoms with van der Waals surface area (Å²) in [4.78, 5) is 2.17. The van der Waals surface area contributed by atoms with Crippen molar-refractivity contribution in [3.8, 4) is 0 Å². The van der Waals surface area contributed by atoms with E-state index in [-0.39, 0.29) is 6.10 Å². The Labute approximate surface area is 55.5 Å². The second-order valence-electron chi connectivity index (χ2n) is 2.78. The highest BCUT2D eigenvalue weighted by atomic mass is 16.3. The molecule has 3 N–H and O–H groups in total. The average molecular weight is 130 g/mol. The van der Waals surface area contributed by atoms with Crippen LogP contribution in [0.2, 0.25) is 0 Å². The fourth-order valence-electron chi connectivity index (χ4n) is 1.18. The molecule has 0 spiro atoms. The summed E-state index contributed by atoms with van der Waals surface area (Å²) in [6.45, 7) is 2.40. The molecular weight excluding hydrogens is 116 g/mol. The van der Waals surface area contributed by atoms with Crippen molar-refractivity contribution < 1.29 is 5.11 Å². The Morgan fingerprint density at radius 2 is 2.33 bits per heavy atom. The Morgan fingerprint density at radius 1 is 1.78 bits per heavy atom. The zero-order valence-electron chi connectivity index (χ0n) is 5.75. The lowest BCUT2D eigenvalue weighted by Gasteiger charge is -2.38. The number of rotatable bonds is 2. The van der Waals surface area contributed by atoms with Crippen LogP contribution < -0.4 is 5.73 Å². The standard InChI is InChI=1S/C6H14N2O/c1-8-3-5(4-8)6(9)2-7/h5-6,9H,2-4,7H2,1H3. The SMILES string of the molecule is CN1CC(C(O)CN)C1. The first kappa shape index (κ1) is 6.99. The highest BCUT2D eigenvalue weighted by Gasteiger charge is 2.28. The normalized spacial score (nSPS) is 25.7. The molecule has 0 bridgehead atoms. The third kappa shape index (κ3) is 1.41. The van der Waals surface area contributed by atoms with Crippen LogP contribution in [-0.2, 0) is 0 Å². The smallest absolute Gasteiger partial charge is 0.0715 e. The molecule has 0 aromatic heterocycles. The molecule has 1 heterocycles. The van der Waals surface area contributed by atoms with Crippen LogP contribution in [-0.4, -0.2) is 42.8 Å². The van der Waals surface area contributed by atoms with E-state index in [1.165, 1.54) is 0 Å². The highest BCUT2D eigenvalue weighted by Crippen LogP contribution is 2.15. The van der Waals surface area contributed by atoms with E-state index in [1.807, 2.05) is 7.05 Å². The fraction of sp³-hybridized carbons (Fsp3) is 1.00. The molecule has 1 aliphatic heterocycles. The van der Waals surface area contributed by atoms with Gasteiger partial charge in [-0.3, -0.25) is 0 Å². The number of hydrogen-bond donors (Lipinski definition) is 2. The van der Waals surface area contributed by atoms with Crippen molar-refractivity contribution in [2.75, 3.05) is 26.7 Å². The van der Waals surface area contributed by atoms with Gasteiger partial charge in [0.25, 0.3) is 0 Å². The third-order valence-corrected chi connectivity index (χ3v) is 1.88. The van der Waals surface area contributed by atoms with Crippen molar-refractivity contribution in [3.05, 3.63) is 0 Å². The summed E-state index contributed by atoms with van der Waals surface area (Å²) in [5.74, 6) is 0.431. The van der Waals surface area contributed by atoms with Gasteiger partial charge < -0.3 is 15.7 Å². The summed E-state index contributed by atoms with van der Waals surface area (Å²) >= 11 is 0. The van der Waals surface area contributed by atoms with Crippen LogP contribution in [0.4, 0.5) is 0 Å². The molecule has 1 unspecified atom stereocenters. The topological polar surface area (TPSA) is 49.5 Å². The van der Waals surface area contributed by atoms with Crippen LogP contribution in [0.15, 0.2) is 0 Å². The molecule has 9 heavy (non-hydrogen) atoms. The lowest BCUT2D eigenvalue weighted by molar-refractivity contribution is 0.0155. The Balaban J connectivity index is 2.15. The van der Waals surface area contributed by atoms with Gasteiger partial charge in [0, 0.05) is 25.6 Å². The minimum Gasteiger partial charge on any atom is -0.391 e. The minimum absolute atomic E-state index is 0.277. The molecule has 0 saturated carbocycles. The van der Waals surface area contributed by atoms with Gasteiger partial charge in [0.1, 0.15) is 0 Å². The van der Waals surface area contributed by atoms with E-state index in [2.05, 4.69) is 4.90 Å². The summed E-state index contributed by atoms with van der Waals surface area (Å²) in [5.41, 5.74) is 5.26. The predicted octanol–water partition coefficient (Wildman–Crippen LogP) is -1.13. The van der Waals surface area contributed by atoms with Crippen LogP contribution in [0, 0.1) is 5.92 Å². The van der Waals surface area contributed by atoms with Crippen molar-refractivity contribution in [1.29, 1.82) is 0 Å². The maximum Gasteiger partial charge on any atom is 0.0715 e. The van der Waals surface area contributed by atoms with E-state index in [9.17, 15) is 0 Å². The zero-order chi connectivity index (χ0) is 6.85. The molecule has 0 amide bonds. The highest BCUT2D eigenvalue weighted by molar-refractivity contribution is 4.82. The molecule has 54 valence electrons. The van der Waals surface area contributed by atoms with Gasteiger partial charge in [0.15, 0.2) is 0 Å². The average Bonchev–Trinajstić information content (AvgIpc) is 1.79. The van der Waals surface area contributed by atoms with E-state index in [0.29, 0.717) is 12.5 Å². The van der Waals surface area contributed by atoms with Crippen LogP contribution >= 0.6 is 0 Å². The molecule has 3 nitrogen and oxygen atoms in total. The lowest BCUT2D eigenvalue weighted by atomic mass is 9.95. The van der Waals surface area contributed by atoms with Gasteiger partial charge in [-0.2, -0.15) is 0 Å². The molecule has 0 aromatic carbocycles. The Bertz CT molecular complexity index is 91.1. The van der Waals surface area contributed by atoms with Crippen molar-refractivity contribution in [2.45, 2.75) is 6.10 Å². The van der Waals surface area contributed by atoms with Crippen LogP contribution in [0.25, 0.3) is 0 Å². The lowest BCUT2D eigenvalue weighted by Crippen LogP contribution is -2.51. The number of nitrogens with two attached hydrogens (primary N) is 1. The van der Waals surface area contributed by atoms with Crippen molar-refractivity contribution in [3.63, 3.8) is 0 Å². The van der Waals surface area contributed by atoms with Crippen LogP contribution in [0.5, 0.6) is 0 Å². The second-order valence-corrected chi connectivity index (χ2v) is 2.78. The predicted molar refractivity (Wildman–Crippen MR) is 36.0 cm³/mol. The van der Waals surface area contributed by atoms with Gasteiger partial charge in [-0.15, -0.1) is 0 Å². The van der Waals surface area contributed by atoms with Gasteiger partial charge >= 0.3 is 0 Å². The summed E-state index contributed by atoms with van der Waals surface area (Å²) in [5, 5.41) is 9.14. The third-order valence-electron chi connectivity index (χ3n) is 1.88. The van der Waals surface area contributed by atoms with Gasteiger partial charge in [-0.1, -0.05) is 0 Å². The first-order chi connectivity index (χ1) is 4.24. The molecule has 1 fully saturated rings. The largest absolute Gasteiger partial charge is 0.391 e. The van der Waals surface area contributed by atoms with E-state index in [0.717, 1.165) is 13.1 Å². The Hall–Kier alpha value is -0.120. The molecule has 0 aromatic rings. The number of likely N-dealkylation sites (tertiary alicyclic amines) is 1. The molecule has 0 aliphatic carbocycles. The summed E-state index contributed by atoms with van der Waals surface area (Å²) in [6, 6.07) is 0. The molecule has 1 saturated heterocycles. The van der Waals surface area contributed by atoms with E-state index >= 15 is 0 Å². The molecule has 3 heteroatoms. The van der Waals surface area contributed by atoms with Gasteiger partial charge in [0.2, 0.25) is 0 Å². The molecule has 1 rings (SSSR count). The summed E-state index contributed by atoms with van der Waals surface area (Å²) in [7, 11) is 2.04. The monoisotopic (exact) mass is 130 g/mol. The van der Waals surface area contributed by atoms with Gasteiger partial charge in [0.05, 0.1) is 6.10 Å². The number of hydrogen-bond acceptors (Lipinski definition) is 3. The first-order valence-electron chi connectivity index (χ1n) is 3.30. The fourth-order valence-corrected chi connectivity index (χ4v) is 1.18. The number of aliphatic hydroxyl groups is 1. The minimum atomic E-state index is -0.277. The summed E-state index contributed by atoms with van der Waals surface area (Å²) < 4.78 is 0. The van der Waals surface area contributed by atoms with Crippen molar-refractivity contribution in [2.24, 2.45) is 11.7 Å². The van der Waals surface area contributed by atoms with Gasteiger partial charge in [-0.05, 0) is 7.05 Å². The second kappa shape index (κ2) is 2.64. The van der Waals surface area contributed by atoms with Crippen molar-refractivity contribution >= 4 is 0 Å². The first-order valence-corrected chi connectivity index (χ1v) is 3.30. The Kier molecular flexibility index (Phi) is 2.05. The Morgan fingerprint density at radius 3 is 2.67 bits per heavy atom. The number of nitrogens with zero attached hydrogens (tertiary/aromatic N) is 1. The van der Waals surface area contributed by atoms with E-state index in [1.54, 1.807) is 0 Å². The quantitative estimate of drug-likeness (QED) is 0.497. The molecule has 1 aliphatic rings. The molecule has 1 atom stereocenters. The number of aliphatic hydroxyl groups excluding tert-OH is 1. The van der Waals surface area contributed by atoms with Crippen LogP contribution in [0.1, 0.15) is 0 Å². The summed E-state index contributed by atoms with van der Waals surface area (Å²) in [6.07, 6.45) is -0.277. The zero-order valence-corrected chi connectivity index (χ0v) is 5.75. The van der Waals surface area contributed by atoms with Gasteiger partial charge in [-0.25, -0.2) is 0 Å². The van der Waals surface area contributed by atoms with Crippen molar-refractivity contribution in [1.82, 2.24) is 4.90 Å². The van der Waals surface area contributed by atoms with E-state index < -0.39 is 0 Å². The molecular formula is C6H14N2O.